The molecule has 0 spiro atoms. The standard InChI is InChI=1S/C51H102NO7P/c1-6-8-10-12-14-16-18-20-22-23-24-25-26-27-28-29-30-31-33-35-37-39-41-43-46-56-48-50(49-58-60(54,55)57-47-45-52(3,4)5)59-51(53)44-42-40-38-36-34-32-21-19-17-15-13-11-9-7-2/h23-24,50H,6-22,25-49H2,1-5H3/p+1/b24-23-. The van der Waals surface area contributed by atoms with Gasteiger partial charge in [-0.05, 0) is 38.5 Å². The van der Waals surface area contributed by atoms with Crippen LogP contribution in [0.15, 0.2) is 12.2 Å². The summed E-state index contributed by atoms with van der Waals surface area (Å²) in [5.74, 6) is -0.308. The molecule has 60 heavy (non-hydrogen) atoms. The Morgan fingerprint density at radius 2 is 0.867 bits per heavy atom. The Morgan fingerprint density at radius 3 is 1.27 bits per heavy atom. The van der Waals surface area contributed by atoms with Crippen LogP contribution in [-0.2, 0) is 27.9 Å². The molecule has 8 nitrogen and oxygen atoms in total. The maximum atomic E-state index is 12.7. The van der Waals surface area contributed by atoms with Crippen LogP contribution in [0.3, 0.4) is 0 Å². The second kappa shape index (κ2) is 44.8. The van der Waals surface area contributed by atoms with E-state index in [0.29, 0.717) is 24.1 Å². The van der Waals surface area contributed by atoms with Crippen LogP contribution in [-0.4, -0.2) is 75.6 Å². The second-order valence-electron chi connectivity index (χ2n) is 18.9. The Morgan fingerprint density at radius 1 is 0.500 bits per heavy atom. The molecule has 9 heteroatoms. The zero-order valence-electron chi connectivity index (χ0n) is 40.7. The van der Waals surface area contributed by atoms with Gasteiger partial charge in [0.2, 0.25) is 0 Å². The average molecular weight is 873 g/mol. The minimum absolute atomic E-state index is 0.0924. The van der Waals surface area contributed by atoms with Crippen LogP contribution in [0.1, 0.15) is 251 Å². The molecule has 0 aliphatic rings. The molecule has 2 atom stereocenters. The van der Waals surface area contributed by atoms with Crippen LogP contribution in [0.5, 0.6) is 0 Å². The molecular formula is C51H103NO7P+. The Kier molecular flexibility index (Phi) is 44.3. The van der Waals surface area contributed by atoms with Gasteiger partial charge < -0.3 is 18.9 Å². The number of phosphoric acid groups is 1. The van der Waals surface area contributed by atoms with Gasteiger partial charge in [-0.1, -0.05) is 219 Å². The average Bonchev–Trinajstić information content (AvgIpc) is 3.20. The van der Waals surface area contributed by atoms with Crippen molar-refractivity contribution in [1.82, 2.24) is 0 Å². The molecule has 358 valence electrons. The van der Waals surface area contributed by atoms with Crippen molar-refractivity contribution in [2.75, 3.05) is 54.1 Å². The first kappa shape index (κ1) is 59.2. The second-order valence-corrected chi connectivity index (χ2v) is 20.4. The number of hydrogen-bond acceptors (Lipinski definition) is 6. The molecule has 0 radical (unpaired) electrons. The molecule has 2 unspecified atom stereocenters. The van der Waals surface area contributed by atoms with E-state index in [1.807, 2.05) is 21.1 Å². The van der Waals surface area contributed by atoms with E-state index in [2.05, 4.69) is 26.0 Å². The fourth-order valence-electron chi connectivity index (χ4n) is 7.55. The molecule has 0 fully saturated rings. The molecule has 0 aromatic carbocycles. The van der Waals surface area contributed by atoms with Crippen molar-refractivity contribution in [1.29, 1.82) is 0 Å². The fraction of sp³-hybridized carbons (Fsp3) is 0.941. The van der Waals surface area contributed by atoms with E-state index in [4.69, 9.17) is 18.5 Å². The van der Waals surface area contributed by atoms with Gasteiger partial charge in [-0.25, -0.2) is 4.57 Å². The molecular weight excluding hydrogens is 770 g/mol. The van der Waals surface area contributed by atoms with Crippen LogP contribution in [0.2, 0.25) is 0 Å². The van der Waals surface area contributed by atoms with Crippen molar-refractivity contribution in [3.05, 3.63) is 12.2 Å². The largest absolute Gasteiger partial charge is 0.472 e. The van der Waals surface area contributed by atoms with Crippen molar-refractivity contribution in [2.24, 2.45) is 0 Å². The number of likely N-dealkylation sites (N-methyl/N-ethyl adjacent to an activating group) is 1. The van der Waals surface area contributed by atoms with Gasteiger partial charge in [-0.3, -0.25) is 13.8 Å². The van der Waals surface area contributed by atoms with E-state index in [0.717, 1.165) is 32.1 Å². The van der Waals surface area contributed by atoms with Crippen LogP contribution in [0, 0.1) is 0 Å². The van der Waals surface area contributed by atoms with Gasteiger partial charge in [0, 0.05) is 13.0 Å². The van der Waals surface area contributed by atoms with Gasteiger partial charge in [0.25, 0.3) is 0 Å². The van der Waals surface area contributed by atoms with Crippen molar-refractivity contribution in [3.8, 4) is 0 Å². The number of allylic oxidation sites excluding steroid dienone is 2. The maximum absolute atomic E-state index is 12.7. The molecule has 0 bridgehead atoms. The van der Waals surface area contributed by atoms with Gasteiger partial charge in [0.05, 0.1) is 34.4 Å². The van der Waals surface area contributed by atoms with Gasteiger partial charge in [0.15, 0.2) is 0 Å². The number of quaternary nitrogens is 1. The van der Waals surface area contributed by atoms with Gasteiger partial charge in [-0.2, -0.15) is 0 Å². The van der Waals surface area contributed by atoms with Crippen LogP contribution >= 0.6 is 7.82 Å². The Balaban J connectivity index is 4.04. The highest BCUT2D eigenvalue weighted by Crippen LogP contribution is 2.43. The molecule has 1 N–H and O–H groups in total. The molecule has 0 rings (SSSR count). The minimum Gasteiger partial charge on any atom is -0.457 e. The fourth-order valence-corrected chi connectivity index (χ4v) is 8.29. The number of nitrogens with zero attached hydrogens (tertiary/aromatic N) is 1. The van der Waals surface area contributed by atoms with Crippen LogP contribution < -0.4 is 0 Å². The van der Waals surface area contributed by atoms with Crippen LogP contribution in [0.4, 0.5) is 0 Å². The molecule has 0 aromatic heterocycles. The first-order valence-corrected chi connectivity index (χ1v) is 27.4. The van der Waals surface area contributed by atoms with E-state index in [1.165, 1.54) is 199 Å². The number of carbonyl (C=O) groups excluding carboxylic acids is 1. The zero-order chi connectivity index (χ0) is 44.1. The van der Waals surface area contributed by atoms with Crippen molar-refractivity contribution in [2.45, 2.75) is 258 Å². The number of esters is 1. The molecule has 0 saturated carbocycles. The van der Waals surface area contributed by atoms with Gasteiger partial charge in [0.1, 0.15) is 19.3 Å². The maximum Gasteiger partial charge on any atom is 0.472 e. The molecule has 0 aliphatic carbocycles. The number of hydrogen-bond donors (Lipinski definition) is 1. The quantitative estimate of drug-likeness (QED) is 0.0214. The highest BCUT2D eigenvalue weighted by molar-refractivity contribution is 7.47. The normalized spacial score (nSPS) is 13.6. The molecule has 0 saturated heterocycles. The summed E-state index contributed by atoms with van der Waals surface area (Å²) in [4.78, 5) is 23.0. The predicted molar refractivity (Wildman–Crippen MR) is 257 cm³/mol. The summed E-state index contributed by atoms with van der Waals surface area (Å²) in [6.07, 6.45) is 51.2. The first-order valence-electron chi connectivity index (χ1n) is 25.9. The first-order chi connectivity index (χ1) is 29.1. The monoisotopic (exact) mass is 873 g/mol. The summed E-state index contributed by atoms with van der Waals surface area (Å²) in [6.45, 7) is 5.68. The lowest BCUT2D eigenvalue weighted by molar-refractivity contribution is -0.870. The van der Waals surface area contributed by atoms with E-state index >= 15 is 0 Å². The topological polar surface area (TPSA) is 91.3 Å². The van der Waals surface area contributed by atoms with Gasteiger partial charge in [-0.15, -0.1) is 0 Å². The van der Waals surface area contributed by atoms with E-state index in [1.54, 1.807) is 0 Å². The molecule has 0 amide bonds. The lowest BCUT2D eigenvalue weighted by Gasteiger charge is -2.24. The third-order valence-corrected chi connectivity index (χ3v) is 12.6. The third-order valence-electron chi connectivity index (χ3n) is 11.6. The minimum atomic E-state index is -4.27. The van der Waals surface area contributed by atoms with Crippen LogP contribution in [0.25, 0.3) is 0 Å². The van der Waals surface area contributed by atoms with Crippen molar-refractivity contribution < 1.29 is 37.3 Å². The Hall–Kier alpha value is -0.760. The highest BCUT2D eigenvalue weighted by Gasteiger charge is 2.26. The molecule has 0 heterocycles. The summed E-state index contributed by atoms with van der Waals surface area (Å²) in [5, 5.41) is 0. The lowest BCUT2D eigenvalue weighted by atomic mass is 10.0. The van der Waals surface area contributed by atoms with Gasteiger partial charge >= 0.3 is 13.8 Å². The SMILES string of the molecule is CCCCCCCCCC/C=C\CCCCCCCCCCCCCCOCC(COP(=O)(O)OCC[N+](C)(C)C)OC(=O)CCCCCCCCCCCCCCCC. The number of ether oxygens (including phenoxy) is 2. The molecule has 0 aliphatic heterocycles. The number of unbranched alkanes of at least 4 members (excludes halogenated alkanes) is 33. The summed E-state index contributed by atoms with van der Waals surface area (Å²) < 4.78 is 35.1. The highest BCUT2D eigenvalue weighted by atomic mass is 31.2. The smallest absolute Gasteiger partial charge is 0.457 e. The van der Waals surface area contributed by atoms with Crippen molar-refractivity contribution in [3.63, 3.8) is 0 Å². The number of carbonyl (C=O) groups is 1. The van der Waals surface area contributed by atoms with E-state index in [9.17, 15) is 14.3 Å². The summed E-state index contributed by atoms with van der Waals surface area (Å²) in [7, 11) is 1.68. The van der Waals surface area contributed by atoms with Crippen molar-refractivity contribution >= 4 is 13.8 Å². The predicted octanol–water partition coefficient (Wildman–Crippen LogP) is 15.8. The number of rotatable bonds is 49. The lowest BCUT2D eigenvalue weighted by Crippen LogP contribution is -2.37. The summed E-state index contributed by atoms with van der Waals surface area (Å²) in [5.41, 5.74) is 0. The summed E-state index contributed by atoms with van der Waals surface area (Å²) >= 11 is 0. The zero-order valence-corrected chi connectivity index (χ0v) is 41.6. The summed E-state index contributed by atoms with van der Waals surface area (Å²) in [6, 6.07) is 0. The van der Waals surface area contributed by atoms with E-state index in [-0.39, 0.29) is 25.8 Å². The Labute approximate surface area is 373 Å². The molecule has 0 aromatic rings. The third kappa shape index (κ3) is 48.3. The Bertz CT molecular complexity index is 972. The van der Waals surface area contributed by atoms with E-state index < -0.39 is 13.9 Å². The number of phosphoric ester groups is 1.